The summed E-state index contributed by atoms with van der Waals surface area (Å²) < 4.78 is 8.29. The van der Waals surface area contributed by atoms with Gasteiger partial charge in [0, 0.05) is 28.9 Å². The lowest BCUT2D eigenvalue weighted by Gasteiger charge is -2.27. The van der Waals surface area contributed by atoms with Crippen molar-refractivity contribution in [1.29, 1.82) is 0 Å². The van der Waals surface area contributed by atoms with Crippen molar-refractivity contribution < 1.29 is 9.31 Å². The van der Waals surface area contributed by atoms with Gasteiger partial charge in [0.25, 0.3) is 0 Å². The molecule has 1 aliphatic carbocycles. The predicted octanol–water partition coefficient (Wildman–Crippen LogP) is 5.21. The molecular weight excluding hydrogens is 306 g/mol. The van der Waals surface area contributed by atoms with Gasteiger partial charge in [-0.3, -0.25) is 0 Å². The van der Waals surface area contributed by atoms with Crippen LogP contribution in [0.5, 0.6) is 11.5 Å². The molecule has 0 saturated carbocycles. The summed E-state index contributed by atoms with van der Waals surface area (Å²) in [6, 6.07) is 16.6. The first-order valence-electron chi connectivity index (χ1n) is 8.59. The van der Waals surface area contributed by atoms with Gasteiger partial charge in [0.2, 0.25) is 0 Å². The van der Waals surface area contributed by atoms with Gasteiger partial charge in [-0.1, -0.05) is 36.4 Å². The van der Waals surface area contributed by atoms with Crippen LogP contribution in [-0.2, 0) is 0 Å². The maximum absolute atomic E-state index is 6.14. The summed E-state index contributed by atoms with van der Waals surface area (Å²) in [4.78, 5) is 0. The Labute approximate surface area is 149 Å². The number of hydrogen-bond donors (Lipinski definition) is 0. The minimum atomic E-state index is 0.923. The first kappa shape index (κ1) is 15.6. The zero-order chi connectivity index (χ0) is 17.6. The predicted molar refractivity (Wildman–Crippen MR) is 104 cm³/mol. The van der Waals surface area contributed by atoms with E-state index in [4.69, 9.17) is 4.74 Å². The van der Waals surface area contributed by atoms with Crippen LogP contribution in [-0.4, -0.2) is 24.4 Å². The summed E-state index contributed by atoms with van der Waals surface area (Å²) in [5, 5.41) is 0. The molecule has 124 valence electrons. The average Bonchev–Trinajstić information content (AvgIpc) is 2.60. The Kier molecular flexibility index (Phi) is 3.69. The average molecular weight is 328 g/mol. The van der Waals surface area contributed by atoms with Crippen molar-refractivity contribution in [2.24, 2.45) is 0 Å². The van der Waals surface area contributed by atoms with E-state index < -0.39 is 0 Å². The number of rotatable bonds is 0. The third-order valence-corrected chi connectivity index (χ3v) is 4.82. The molecule has 0 amide bonds. The van der Waals surface area contributed by atoms with Crippen molar-refractivity contribution >= 4 is 11.3 Å². The summed E-state index contributed by atoms with van der Waals surface area (Å²) in [5.74, 6) is 1.85. The zero-order valence-corrected chi connectivity index (χ0v) is 15.1. The number of para-hydroxylation sites is 2. The van der Waals surface area contributed by atoms with E-state index in [1.165, 1.54) is 28.0 Å². The second-order valence-corrected chi connectivity index (χ2v) is 6.82. The topological polar surface area (TPSA) is 12.2 Å². The third kappa shape index (κ3) is 2.54. The molecule has 4 rings (SSSR count). The molecule has 2 nitrogen and oxygen atoms in total. The first-order valence-corrected chi connectivity index (χ1v) is 8.59. The smallest absolute Gasteiger partial charge is 0.199 e. The molecule has 0 fully saturated rings. The number of ether oxygens (including phenoxy) is 1. The molecule has 2 aromatic rings. The van der Waals surface area contributed by atoms with Crippen LogP contribution in [0.15, 0.2) is 77.4 Å². The highest BCUT2D eigenvalue weighted by Gasteiger charge is 2.27. The number of benzene rings is 2. The van der Waals surface area contributed by atoms with Crippen molar-refractivity contribution in [2.45, 2.75) is 13.8 Å². The molecule has 0 atom stereocenters. The maximum atomic E-state index is 6.14. The van der Waals surface area contributed by atoms with E-state index in [1.54, 1.807) is 0 Å². The van der Waals surface area contributed by atoms with Crippen molar-refractivity contribution in [3.05, 3.63) is 88.5 Å². The molecule has 1 heterocycles. The van der Waals surface area contributed by atoms with Crippen molar-refractivity contribution in [3.8, 4) is 11.5 Å². The monoisotopic (exact) mass is 328 g/mol. The molecule has 1 aliphatic heterocycles. The van der Waals surface area contributed by atoms with Crippen molar-refractivity contribution in [2.75, 3.05) is 14.1 Å². The van der Waals surface area contributed by atoms with Gasteiger partial charge >= 0.3 is 0 Å². The summed E-state index contributed by atoms with van der Waals surface area (Å²) in [7, 11) is 4.17. The molecule has 0 unspecified atom stereocenters. The van der Waals surface area contributed by atoms with Crippen molar-refractivity contribution in [3.63, 3.8) is 0 Å². The highest BCUT2D eigenvalue weighted by molar-refractivity contribution is 6.06. The number of fused-ring (bicyclic) bond motifs is 2. The zero-order valence-electron chi connectivity index (χ0n) is 15.1. The van der Waals surface area contributed by atoms with E-state index in [2.05, 4.69) is 68.9 Å². The van der Waals surface area contributed by atoms with Gasteiger partial charge in [0.05, 0.1) is 0 Å². The largest absolute Gasteiger partial charge is 0.456 e. The Morgan fingerprint density at radius 2 is 1.16 bits per heavy atom. The quantitative estimate of drug-likeness (QED) is 0.516. The van der Waals surface area contributed by atoms with Gasteiger partial charge < -0.3 is 4.74 Å². The maximum Gasteiger partial charge on any atom is 0.199 e. The van der Waals surface area contributed by atoms with Crippen LogP contribution >= 0.6 is 0 Å². The SMILES string of the molecule is CC1=CC(=[N+](C)C)C=C(C)C1=C1c2ccccc2Oc2ccccc21. The molecule has 0 saturated heterocycles. The molecule has 2 aromatic carbocycles. The van der Waals surface area contributed by atoms with Gasteiger partial charge in [0.15, 0.2) is 5.71 Å². The molecule has 2 aliphatic rings. The van der Waals surface area contributed by atoms with Crippen LogP contribution in [0.25, 0.3) is 5.57 Å². The van der Waals surface area contributed by atoms with Gasteiger partial charge in [-0.2, -0.15) is 0 Å². The van der Waals surface area contributed by atoms with Crippen LogP contribution in [0.3, 0.4) is 0 Å². The van der Waals surface area contributed by atoms with Crippen LogP contribution in [0.4, 0.5) is 0 Å². The third-order valence-electron chi connectivity index (χ3n) is 4.82. The molecule has 25 heavy (non-hydrogen) atoms. The Bertz CT molecular complexity index is 927. The van der Waals surface area contributed by atoms with Gasteiger partial charge in [-0.25, -0.2) is 4.58 Å². The molecule has 0 radical (unpaired) electrons. The van der Waals surface area contributed by atoms with Crippen LogP contribution in [0.2, 0.25) is 0 Å². The van der Waals surface area contributed by atoms with E-state index in [1.807, 2.05) is 24.3 Å². The summed E-state index contributed by atoms with van der Waals surface area (Å²) in [6.07, 6.45) is 4.52. The lowest BCUT2D eigenvalue weighted by Crippen LogP contribution is -2.15. The summed E-state index contributed by atoms with van der Waals surface area (Å²) >= 11 is 0. The van der Waals surface area contributed by atoms with Crippen LogP contribution < -0.4 is 4.74 Å². The molecule has 0 bridgehead atoms. The van der Waals surface area contributed by atoms with E-state index in [0.29, 0.717) is 0 Å². The van der Waals surface area contributed by atoms with E-state index in [-0.39, 0.29) is 0 Å². The number of nitrogens with zero attached hydrogens (tertiary/aromatic N) is 1. The number of allylic oxidation sites excluding steroid dienone is 5. The lowest BCUT2D eigenvalue weighted by atomic mass is 9.82. The second-order valence-electron chi connectivity index (χ2n) is 6.82. The highest BCUT2D eigenvalue weighted by Crippen LogP contribution is 2.47. The second kappa shape index (κ2) is 5.89. The first-order chi connectivity index (χ1) is 12.1. The minimum Gasteiger partial charge on any atom is -0.456 e. The standard InChI is InChI=1S/C23H22NO/c1-15-13-17(24(3)4)14-16(2)22(15)23-18-9-5-7-11-20(18)25-21-12-8-6-10-19(21)23/h5-14H,1-4H3/q+1. The van der Waals surface area contributed by atoms with Crippen molar-refractivity contribution in [1.82, 2.24) is 0 Å². The van der Waals surface area contributed by atoms with E-state index in [0.717, 1.165) is 22.6 Å². The van der Waals surface area contributed by atoms with E-state index in [9.17, 15) is 0 Å². The fourth-order valence-corrected chi connectivity index (χ4v) is 3.65. The number of hydrogen-bond acceptors (Lipinski definition) is 1. The Morgan fingerprint density at radius 1 is 0.680 bits per heavy atom. The molecule has 2 heteroatoms. The van der Waals surface area contributed by atoms with Gasteiger partial charge in [-0.05, 0) is 42.7 Å². The van der Waals surface area contributed by atoms with Gasteiger partial charge in [0.1, 0.15) is 25.6 Å². The Hall–Kier alpha value is -2.87. The Balaban J connectivity index is 2.06. The minimum absolute atomic E-state index is 0.923. The molecule has 0 aromatic heterocycles. The van der Waals surface area contributed by atoms with Crippen LogP contribution in [0, 0.1) is 0 Å². The van der Waals surface area contributed by atoms with Crippen LogP contribution in [0.1, 0.15) is 25.0 Å². The molecule has 0 N–H and O–H groups in total. The summed E-state index contributed by atoms with van der Waals surface area (Å²) in [5.41, 5.74) is 8.67. The highest BCUT2D eigenvalue weighted by atomic mass is 16.5. The van der Waals surface area contributed by atoms with Gasteiger partial charge in [-0.15, -0.1) is 0 Å². The normalized spacial score (nSPS) is 15.8. The fourth-order valence-electron chi connectivity index (χ4n) is 3.65. The lowest BCUT2D eigenvalue weighted by molar-refractivity contribution is -0.462. The van der Waals surface area contributed by atoms with E-state index >= 15 is 0 Å². The summed E-state index contributed by atoms with van der Waals surface area (Å²) in [6.45, 7) is 4.39. The Morgan fingerprint density at radius 3 is 1.64 bits per heavy atom. The molecular formula is C23H22NO+. The molecule has 0 spiro atoms. The fraction of sp³-hybridized carbons (Fsp3) is 0.174.